The van der Waals surface area contributed by atoms with Crippen LogP contribution in [0.1, 0.15) is 63.6 Å². The standard InChI is InChI=1S/C29H35N3O2/c1-19(2)32-26-14-20(3)23(15-25(26)21(4)16-29(32,5)6)17-30-31-28(33)18-34-27-13-9-11-22-10-7-8-12-24(22)27/h7-15,17,19,21H,16,18H2,1-6H3,(H,31,33)/b30-17+/t21-/m0/s1. The minimum Gasteiger partial charge on any atom is -0.483 e. The van der Waals surface area contributed by atoms with E-state index < -0.39 is 0 Å². The highest BCUT2D eigenvalue weighted by atomic mass is 16.5. The zero-order valence-corrected chi connectivity index (χ0v) is 21.1. The second kappa shape index (κ2) is 9.49. The summed E-state index contributed by atoms with van der Waals surface area (Å²) in [5.41, 5.74) is 7.52. The second-order valence-corrected chi connectivity index (χ2v) is 10.2. The van der Waals surface area contributed by atoms with E-state index in [2.05, 4.69) is 69.1 Å². The molecule has 34 heavy (non-hydrogen) atoms. The van der Waals surface area contributed by atoms with Crippen molar-refractivity contribution in [2.75, 3.05) is 11.5 Å². The van der Waals surface area contributed by atoms with Gasteiger partial charge in [-0.3, -0.25) is 4.79 Å². The highest BCUT2D eigenvalue weighted by Crippen LogP contribution is 2.45. The molecule has 0 aliphatic carbocycles. The van der Waals surface area contributed by atoms with Crippen LogP contribution < -0.4 is 15.1 Å². The molecule has 0 radical (unpaired) electrons. The summed E-state index contributed by atoms with van der Waals surface area (Å²) in [5.74, 6) is 0.853. The van der Waals surface area contributed by atoms with Crippen LogP contribution in [0, 0.1) is 6.92 Å². The zero-order valence-electron chi connectivity index (χ0n) is 21.1. The summed E-state index contributed by atoms with van der Waals surface area (Å²) in [5, 5.41) is 6.28. The molecule has 178 valence electrons. The molecule has 3 aromatic rings. The number of hydrogen-bond donors (Lipinski definition) is 1. The average Bonchev–Trinajstić information content (AvgIpc) is 2.77. The molecule has 0 saturated heterocycles. The third-order valence-corrected chi connectivity index (χ3v) is 6.68. The number of rotatable bonds is 6. The fourth-order valence-corrected chi connectivity index (χ4v) is 5.40. The van der Waals surface area contributed by atoms with Crippen molar-refractivity contribution in [1.29, 1.82) is 0 Å². The molecule has 0 saturated carbocycles. The summed E-state index contributed by atoms with van der Waals surface area (Å²) >= 11 is 0. The van der Waals surface area contributed by atoms with Crippen LogP contribution in [-0.2, 0) is 4.79 Å². The van der Waals surface area contributed by atoms with E-state index in [1.54, 1.807) is 6.21 Å². The highest BCUT2D eigenvalue weighted by Gasteiger charge is 2.37. The Hall–Kier alpha value is -3.34. The number of fused-ring (bicyclic) bond motifs is 2. The molecular weight excluding hydrogens is 422 g/mol. The number of aryl methyl sites for hydroxylation is 1. The number of nitrogens with zero attached hydrogens (tertiary/aromatic N) is 2. The van der Waals surface area contributed by atoms with E-state index in [4.69, 9.17) is 4.74 Å². The monoisotopic (exact) mass is 457 g/mol. The molecule has 1 aliphatic heterocycles. The van der Waals surface area contributed by atoms with E-state index in [1.807, 2.05) is 42.5 Å². The normalized spacial score (nSPS) is 17.3. The summed E-state index contributed by atoms with van der Waals surface area (Å²) in [6, 6.07) is 18.7. The van der Waals surface area contributed by atoms with Crippen LogP contribution in [0.25, 0.3) is 10.8 Å². The van der Waals surface area contributed by atoms with Gasteiger partial charge in [0.15, 0.2) is 6.61 Å². The average molecular weight is 458 g/mol. The van der Waals surface area contributed by atoms with Crippen LogP contribution in [0.2, 0.25) is 0 Å². The van der Waals surface area contributed by atoms with Crippen molar-refractivity contribution in [1.82, 2.24) is 5.43 Å². The number of ether oxygens (including phenoxy) is 1. The number of hydrogen-bond acceptors (Lipinski definition) is 4. The number of benzene rings is 3. The first kappa shape index (κ1) is 23.8. The third kappa shape index (κ3) is 4.79. The maximum Gasteiger partial charge on any atom is 0.277 e. The van der Waals surface area contributed by atoms with Gasteiger partial charge in [-0.1, -0.05) is 43.3 Å². The van der Waals surface area contributed by atoms with Gasteiger partial charge in [-0.15, -0.1) is 0 Å². The lowest BCUT2D eigenvalue weighted by atomic mass is 9.78. The van der Waals surface area contributed by atoms with Crippen molar-refractivity contribution < 1.29 is 9.53 Å². The first-order chi connectivity index (χ1) is 16.2. The van der Waals surface area contributed by atoms with Crippen molar-refractivity contribution in [2.24, 2.45) is 5.10 Å². The lowest BCUT2D eigenvalue weighted by Crippen LogP contribution is -2.51. The Morgan fingerprint density at radius 1 is 1.21 bits per heavy atom. The van der Waals surface area contributed by atoms with Crippen LogP contribution in [0.5, 0.6) is 5.75 Å². The lowest BCUT2D eigenvalue weighted by Gasteiger charge is -2.50. The van der Waals surface area contributed by atoms with Gasteiger partial charge in [0.2, 0.25) is 0 Å². The molecule has 4 rings (SSSR count). The number of amides is 1. The number of nitrogens with one attached hydrogen (secondary N) is 1. The summed E-state index contributed by atoms with van der Waals surface area (Å²) in [6.45, 7) is 13.5. The molecule has 5 nitrogen and oxygen atoms in total. The molecule has 1 atom stereocenters. The number of hydrazone groups is 1. The predicted octanol–water partition coefficient (Wildman–Crippen LogP) is 6.18. The molecule has 0 fully saturated rings. The van der Waals surface area contributed by atoms with E-state index in [-0.39, 0.29) is 18.1 Å². The van der Waals surface area contributed by atoms with E-state index in [1.165, 1.54) is 11.3 Å². The van der Waals surface area contributed by atoms with Gasteiger partial charge in [-0.05, 0) is 87.2 Å². The summed E-state index contributed by atoms with van der Waals surface area (Å²) in [4.78, 5) is 14.9. The van der Waals surface area contributed by atoms with Crippen molar-refractivity contribution in [3.8, 4) is 5.75 Å². The highest BCUT2D eigenvalue weighted by molar-refractivity contribution is 5.89. The Labute approximate surface area is 202 Å². The minimum absolute atomic E-state index is 0.0933. The Kier molecular flexibility index (Phi) is 6.65. The number of carbonyl (C=O) groups is 1. The van der Waals surface area contributed by atoms with Gasteiger partial charge in [0.25, 0.3) is 5.91 Å². The van der Waals surface area contributed by atoms with Crippen molar-refractivity contribution in [3.63, 3.8) is 0 Å². The molecule has 1 amide bonds. The Morgan fingerprint density at radius 2 is 1.94 bits per heavy atom. The van der Waals surface area contributed by atoms with Crippen molar-refractivity contribution >= 4 is 28.6 Å². The summed E-state index contributed by atoms with van der Waals surface area (Å²) < 4.78 is 5.76. The van der Waals surface area contributed by atoms with Crippen LogP contribution in [0.3, 0.4) is 0 Å². The smallest absolute Gasteiger partial charge is 0.277 e. The van der Waals surface area contributed by atoms with Gasteiger partial charge in [0, 0.05) is 22.7 Å². The number of carbonyl (C=O) groups excluding carboxylic acids is 1. The van der Waals surface area contributed by atoms with Crippen LogP contribution in [-0.4, -0.2) is 30.3 Å². The Balaban J connectivity index is 1.45. The fourth-order valence-electron chi connectivity index (χ4n) is 5.40. The van der Waals surface area contributed by atoms with Gasteiger partial charge < -0.3 is 9.64 Å². The van der Waals surface area contributed by atoms with Gasteiger partial charge in [0.05, 0.1) is 6.21 Å². The second-order valence-electron chi connectivity index (χ2n) is 10.2. The zero-order chi connectivity index (χ0) is 24.5. The van der Waals surface area contributed by atoms with E-state index in [9.17, 15) is 4.79 Å². The van der Waals surface area contributed by atoms with Crippen LogP contribution >= 0.6 is 0 Å². The molecule has 1 N–H and O–H groups in total. The van der Waals surface area contributed by atoms with Crippen LogP contribution in [0.4, 0.5) is 5.69 Å². The Morgan fingerprint density at radius 3 is 2.71 bits per heavy atom. The summed E-state index contributed by atoms with van der Waals surface area (Å²) in [6.07, 6.45) is 2.83. The first-order valence-corrected chi connectivity index (χ1v) is 12.0. The van der Waals surface area contributed by atoms with Gasteiger partial charge in [0.1, 0.15) is 5.75 Å². The topological polar surface area (TPSA) is 53.9 Å². The molecular formula is C29H35N3O2. The van der Waals surface area contributed by atoms with Gasteiger partial charge in [-0.25, -0.2) is 5.43 Å². The molecule has 3 aromatic carbocycles. The van der Waals surface area contributed by atoms with Crippen LogP contribution in [0.15, 0.2) is 59.7 Å². The number of anilines is 1. The van der Waals surface area contributed by atoms with E-state index in [0.717, 1.165) is 28.3 Å². The maximum atomic E-state index is 12.3. The van der Waals surface area contributed by atoms with Crippen molar-refractivity contribution in [3.05, 3.63) is 71.3 Å². The van der Waals surface area contributed by atoms with Gasteiger partial charge >= 0.3 is 0 Å². The molecule has 0 bridgehead atoms. The predicted molar refractivity (Wildman–Crippen MR) is 141 cm³/mol. The molecule has 5 heteroatoms. The lowest BCUT2D eigenvalue weighted by molar-refractivity contribution is -0.123. The van der Waals surface area contributed by atoms with Gasteiger partial charge in [-0.2, -0.15) is 5.10 Å². The first-order valence-electron chi connectivity index (χ1n) is 12.0. The summed E-state index contributed by atoms with van der Waals surface area (Å²) in [7, 11) is 0. The van der Waals surface area contributed by atoms with E-state index >= 15 is 0 Å². The molecule has 1 aliphatic rings. The quantitative estimate of drug-likeness (QED) is 0.355. The molecule has 0 spiro atoms. The molecule has 1 heterocycles. The third-order valence-electron chi connectivity index (χ3n) is 6.68. The minimum atomic E-state index is -0.291. The van der Waals surface area contributed by atoms with E-state index in [0.29, 0.717) is 17.7 Å². The SMILES string of the molecule is Cc1cc2c(cc1/C=N/NC(=O)COc1cccc3ccccc13)[C@@H](C)CC(C)(C)N2C(C)C. The van der Waals surface area contributed by atoms with Crippen molar-refractivity contribution in [2.45, 2.75) is 65.5 Å². The maximum absolute atomic E-state index is 12.3. The largest absolute Gasteiger partial charge is 0.483 e. The molecule has 0 unspecified atom stereocenters. The fraction of sp³-hybridized carbons (Fsp3) is 0.379. The molecule has 0 aromatic heterocycles. The Bertz CT molecular complexity index is 1220.